The maximum Gasteiger partial charge on any atom is 0.333 e. The van der Waals surface area contributed by atoms with Crippen LogP contribution in [0.3, 0.4) is 0 Å². The highest BCUT2D eigenvalue weighted by atomic mass is 16.7. The molecule has 0 aromatic rings. The van der Waals surface area contributed by atoms with Crippen molar-refractivity contribution in [1.29, 1.82) is 0 Å². The number of allylic oxidation sites excluding steroid dienone is 3. The van der Waals surface area contributed by atoms with Gasteiger partial charge in [-0.2, -0.15) is 0 Å². The molecule has 184 valence electrons. The lowest BCUT2D eigenvalue weighted by Gasteiger charge is -2.41. The fraction of sp³-hybridized carbons (Fsp3) is 0.762. The van der Waals surface area contributed by atoms with E-state index >= 15 is 0 Å². The molecule has 2 saturated heterocycles. The van der Waals surface area contributed by atoms with E-state index in [1.807, 2.05) is 19.9 Å². The summed E-state index contributed by atoms with van der Waals surface area (Å²) in [5.41, 5.74) is 1.92. The average molecular weight is 462 g/mol. The zero-order chi connectivity index (χ0) is 24.0. The van der Waals surface area contributed by atoms with E-state index in [0.717, 1.165) is 17.6 Å². The van der Waals surface area contributed by atoms with Gasteiger partial charge in [0.25, 0.3) is 0 Å². The van der Waals surface area contributed by atoms with E-state index in [2.05, 4.69) is 0 Å². The summed E-state index contributed by atoms with van der Waals surface area (Å²) in [7, 11) is 0. The molecule has 2 aliphatic rings. The Bertz CT molecular complexity index is 675. The number of carbonyl (C=O) groups excluding carboxylic acids is 1. The number of aliphatic hydroxyl groups is 6. The zero-order valence-corrected chi connectivity index (χ0v) is 18.4. The molecule has 0 radical (unpaired) electrons. The van der Waals surface area contributed by atoms with E-state index in [1.54, 1.807) is 6.92 Å². The Morgan fingerprint density at radius 2 is 1.59 bits per heavy atom. The van der Waals surface area contributed by atoms with Gasteiger partial charge in [-0.15, -0.1) is 0 Å². The third-order valence-electron chi connectivity index (χ3n) is 5.24. The predicted octanol–water partition coefficient (Wildman–Crippen LogP) is -1.51. The summed E-state index contributed by atoms with van der Waals surface area (Å²) in [4.78, 5) is 12.2. The maximum absolute atomic E-state index is 12.2. The second-order valence-corrected chi connectivity index (χ2v) is 8.35. The lowest BCUT2D eigenvalue weighted by molar-refractivity contribution is -0.314. The molecule has 0 aromatic carbocycles. The molecule has 2 fully saturated rings. The largest absolute Gasteiger partial charge is 0.430 e. The molecule has 2 aliphatic heterocycles. The number of aliphatic hydroxyl groups excluding tert-OH is 6. The van der Waals surface area contributed by atoms with Crippen LogP contribution in [-0.2, 0) is 23.7 Å². The summed E-state index contributed by atoms with van der Waals surface area (Å²) in [5.74, 6) is -0.782. The van der Waals surface area contributed by atoms with Crippen molar-refractivity contribution < 1.29 is 54.4 Å². The molecule has 0 amide bonds. The van der Waals surface area contributed by atoms with Crippen molar-refractivity contribution in [1.82, 2.24) is 0 Å². The monoisotopic (exact) mass is 462 g/mol. The summed E-state index contributed by atoms with van der Waals surface area (Å²) < 4.78 is 20.9. The number of ether oxygens (including phenoxy) is 4. The van der Waals surface area contributed by atoms with Crippen molar-refractivity contribution in [3.05, 3.63) is 23.3 Å². The van der Waals surface area contributed by atoms with Gasteiger partial charge in [-0.1, -0.05) is 17.2 Å². The Morgan fingerprint density at radius 3 is 2.25 bits per heavy atom. The summed E-state index contributed by atoms with van der Waals surface area (Å²) >= 11 is 0. The molecule has 11 nitrogen and oxygen atoms in total. The van der Waals surface area contributed by atoms with Crippen LogP contribution >= 0.6 is 0 Å². The molecule has 11 heteroatoms. The van der Waals surface area contributed by atoms with Crippen LogP contribution in [-0.4, -0.2) is 105 Å². The molecule has 9 atom stereocenters. The molecule has 2 heterocycles. The topological polar surface area (TPSA) is 175 Å². The van der Waals surface area contributed by atoms with Gasteiger partial charge in [-0.05, 0) is 33.6 Å². The first kappa shape index (κ1) is 26.8. The number of hydrogen-bond donors (Lipinski definition) is 6. The van der Waals surface area contributed by atoms with Crippen LogP contribution in [0, 0.1) is 0 Å². The summed E-state index contributed by atoms with van der Waals surface area (Å²) in [6.45, 7) is 5.00. The first-order valence-electron chi connectivity index (χ1n) is 10.5. The highest BCUT2D eigenvalue weighted by Crippen LogP contribution is 2.24. The normalized spacial score (nSPS) is 38.3. The Labute approximate surface area is 186 Å². The van der Waals surface area contributed by atoms with E-state index < -0.39 is 67.9 Å². The van der Waals surface area contributed by atoms with E-state index in [9.17, 15) is 35.4 Å². The van der Waals surface area contributed by atoms with Gasteiger partial charge in [0.15, 0.2) is 6.29 Å². The fourth-order valence-corrected chi connectivity index (χ4v) is 3.28. The number of hydrogen-bond acceptors (Lipinski definition) is 11. The Hall–Kier alpha value is -1.41. The van der Waals surface area contributed by atoms with Crippen molar-refractivity contribution >= 4 is 5.97 Å². The van der Waals surface area contributed by atoms with E-state index in [-0.39, 0.29) is 6.61 Å². The fourth-order valence-electron chi connectivity index (χ4n) is 3.28. The molecule has 9 unspecified atom stereocenters. The second-order valence-electron chi connectivity index (χ2n) is 8.35. The van der Waals surface area contributed by atoms with Crippen LogP contribution in [0.2, 0.25) is 0 Å². The second kappa shape index (κ2) is 12.2. The van der Waals surface area contributed by atoms with Crippen molar-refractivity contribution in [3.8, 4) is 0 Å². The van der Waals surface area contributed by atoms with Gasteiger partial charge in [-0.3, -0.25) is 0 Å². The van der Waals surface area contributed by atoms with E-state index in [0.29, 0.717) is 6.42 Å². The van der Waals surface area contributed by atoms with Crippen LogP contribution in [0.4, 0.5) is 0 Å². The molecule has 0 spiro atoms. The third kappa shape index (κ3) is 7.30. The Balaban J connectivity index is 1.93. The Morgan fingerprint density at radius 1 is 0.938 bits per heavy atom. The minimum Gasteiger partial charge on any atom is -0.430 e. The molecule has 2 rings (SSSR count). The summed E-state index contributed by atoms with van der Waals surface area (Å²) in [6.07, 6.45) is -8.74. The molecule has 0 saturated carbocycles. The number of esters is 1. The lowest BCUT2D eigenvalue weighted by atomic mass is 9.99. The van der Waals surface area contributed by atoms with Gasteiger partial charge >= 0.3 is 5.97 Å². The van der Waals surface area contributed by atoms with Gasteiger partial charge in [0, 0.05) is 6.08 Å². The van der Waals surface area contributed by atoms with E-state index in [4.69, 9.17) is 18.9 Å². The molecule has 0 aliphatic carbocycles. The minimum absolute atomic E-state index is 0.280. The summed E-state index contributed by atoms with van der Waals surface area (Å²) in [5, 5.41) is 59.5. The molecular formula is C21H34O11. The van der Waals surface area contributed by atoms with Crippen molar-refractivity contribution in [3.63, 3.8) is 0 Å². The molecular weight excluding hydrogens is 428 g/mol. The molecule has 32 heavy (non-hydrogen) atoms. The van der Waals surface area contributed by atoms with Gasteiger partial charge in [-0.25, -0.2) is 4.79 Å². The smallest absolute Gasteiger partial charge is 0.333 e. The first-order valence-corrected chi connectivity index (χ1v) is 10.5. The average Bonchev–Trinajstić information content (AvgIpc) is 2.72. The highest BCUT2D eigenvalue weighted by Gasteiger charge is 2.46. The highest BCUT2D eigenvalue weighted by molar-refractivity contribution is 5.82. The standard InChI is InChI=1S/C21H34O11/c1-10(2)5-4-6-11(3)7-14(23)32-21-19(28)17(26)16(25)13(31-21)9-30-20-18(27)15(24)12(22)8-29-20/h5,7,12-13,15-22,24-28H,4,6,8-9H2,1-3H3. The lowest BCUT2D eigenvalue weighted by Crippen LogP contribution is -2.60. The van der Waals surface area contributed by atoms with Crippen molar-refractivity contribution in [2.75, 3.05) is 13.2 Å². The van der Waals surface area contributed by atoms with Crippen LogP contribution in [0.15, 0.2) is 23.3 Å². The number of rotatable bonds is 8. The summed E-state index contributed by atoms with van der Waals surface area (Å²) in [6, 6.07) is 0. The maximum atomic E-state index is 12.2. The first-order chi connectivity index (χ1) is 15.0. The van der Waals surface area contributed by atoms with Crippen molar-refractivity contribution in [2.24, 2.45) is 0 Å². The van der Waals surface area contributed by atoms with Gasteiger partial charge in [0.05, 0.1) is 13.2 Å². The Kier molecular flexibility index (Phi) is 10.2. The molecule has 0 bridgehead atoms. The third-order valence-corrected chi connectivity index (χ3v) is 5.24. The van der Waals surface area contributed by atoms with Crippen LogP contribution in [0.5, 0.6) is 0 Å². The predicted molar refractivity (Wildman–Crippen MR) is 109 cm³/mol. The van der Waals surface area contributed by atoms with E-state index in [1.165, 1.54) is 6.08 Å². The van der Waals surface area contributed by atoms with Crippen LogP contribution in [0.25, 0.3) is 0 Å². The molecule has 0 aromatic heterocycles. The SMILES string of the molecule is CC(C)=CCCC(C)=CC(=O)OC1OC(COC2OCC(O)C(O)C2O)C(O)C(O)C1O. The van der Waals surface area contributed by atoms with Gasteiger partial charge in [0.2, 0.25) is 6.29 Å². The zero-order valence-electron chi connectivity index (χ0n) is 18.4. The van der Waals surface area contributed by atoms with Gasteiger partial charge < -0.3 is 49.6 Å². The van der Waals surface area contributed by atoms with Gasteiger partial charge in [0.1, 0.15) is 42.7 Å². The van der Waals surface area contributed by atoms with Crippen molar-refractivity contribution in [2.45, 2.75) is 88.9 Å². The van der Waals surface area contributed by atoms with Crippen LogP contribution < -0.4 is 0 Å². The minimum atomic E-state index is -1.70. The quantitative estimate of drug-likeness (QED) is 0.140. The van der Waals surface area contributed by atoms with Crippen LogP contribution in [0.1, 0.15) is 33.6 Å². The number of carbonyl (C=O) groups is 1. The molecule has 6 N–H and O–H groups in total.